The molecule has 27 heavy (non-hydrogen) atoms. The molecule has 1 fully saturated rings. The molecule has 0 bridgehead atoms. The second kappa shape index (κ2) is 8.70. The number of quaternary nitrogens is 1. The van der Waals surface area contributed by atoms with E-state index in [1.807, 2.05) is 43.3 Å². The molecule has 2 N–H and O–H groups in total. The number of halogens is 3. The monoisotopic (exact) mass is 426 g/mol. The first-order valence-corrected chi connectivity index (χ1v) is 10.1. The number of anilines is 1. The molecule has 0 radical (unpaired) electrons. The summed E-state index contributed by atoms with van der Waals surface area (Å²) in [6.07, 6.45) is -0.618. The minimum absolute atomic E-state index is 0.220. The number of carbonyl (C=O) groups is 1. The molecule has 0 unspecified atom stereocenters. The molecule has 0 aliphatic carbocycles. The molecular weight excluding hydrogens is 405 g/mol. The van der Waals surface area contributed by atoms with Crippen molar-refractivity contribution in [2.24, 2.45) is 0 Å². The Morgan fingerprint density at radius 1 is 1.04 bits per heavy atom. The highest BCUT2D eigenvalue weighted by atomic mass is 35.6. The number of nitrogens with zero attached hydrogens (tertiary/aromatic N) is 1. The second-order valence-corrected chi connectivity index (χ2v) is 9.11. The van der Waals surface area contributed by atoms with Gasteiger partial charge in [0.2, 0.25) is 6.17 Å². The number of rotatable bonds is 4. The molecule has 144 valence electrons. The summed E-state index contributed by atoms with van der Waals surface area (Å²) in [6.45, 7) is 5.08. The van der Waals surface area contributed by atoms with E-state index in [0.717, 1.165) is 36.6 Å². The maximum atomic E-state index is 12.7. The quantitative estimate of drug-likeness (QED) is 0.736. The normalized spacial score (nSPS) is 16.8. The maximum absolute atomic E-state index is 12.7. The minimum Gasteiger partial charge on any atom is -0.360 e. The topological polar surface area (TPSA) is 36.8 Å². The van der Waals surface area contributed by atoms with Gasteiger partial charge in [-0.2, -0.15) is 0 Å². The van der Waals surface area contributed by atoms with E-state index in [1.54, 1.807) is 6.07 Å². The largest absolute Gasteiger partial charge is 0.360 e. The van der Waals surface area contributed by atoms with Crippen LogP contribution in [-0.2, 0) is 0 Å². The second-order valence-electron chi connectivity index (χ2n) is 6.74. The zero-order valence-electron chi connectivity index (χ0n) is 15.1. The Hall–Kier alpha value is -1.46. The third-order valence-corrected chi connectivity index (χ3v) is 5.58. The van der Waals surface area contributed by atoms with Crippen molar-refractivity contribution < 1.29 is 9.69 Å². The summed E-state index contributed by atoms with van der Waals surface area (Å²) in [5.41, 5.74) is 2.67. The van der Waals surface area contributed by atoms with Crippen LogP contribution in [0.5, 0.6) is 0 Å². The Morgan fingerprint density at radius 3 is 2.22 bits per heavy atom. The molecule has 0 saturated carbocycles. The summed E-state index contributed by atoms with van der Waals surface area (Å²) in [5, 5.41) is 2.95. The van der Waals surface area contributed by atoms with Crippen LogP contribution in [0, 0.1) is 6.92 Å². The van der Waals surface area contributed by atoms with Crippen LogP contribution in [0.4, 0.5) is 5.69 Å². The van der Waals surface area contributed by atoms with Gasteiger partial charge in [0.1, 0.15) is 0 Å². The number of alkyl halides is 3. The van der Waals surface area contributed by atoms with Crippen LogP contribution in [-0.4, -0.2) is 42.0 Å². The van der Waals surface area contributed by atoms with Gasteiger partial charge >= 0.3 is 0 Å². The van der Waals surface area contributed by atoms with Crippen molar-refractivity contribution in [3.05, 3.63) is 65.7 Å². The number of carbonyl (C=O) groups excluding carboxylic acids is 1. The Kier molecular flexibility index (Phi) is 6.53. The number of para-hydroxylation sites is 1. The fraction of sp³-hybridized carbons (Fsp3) is 0.350. The van der Waals surface area contributed by atoms with Crippen molar-refractivity contribution in [1.82, 2.24) is 5.32 Å². The van der Waals surface area contributed by atoms with E-state index >= 15 is 0 Å². The lowest BCUT2D eigenvalue weighted by Crippen LogP contribution is -3.21. The fourth-order valence-electron chi connectivity index (χ4n) is 3.43. The van der Waals surface area contributed by atoms with Crippen LogP contribution in [0.15, 0.2) is 54.6 Å². The molecule has 0 aromatic heterocycles. The Labute approximate surface area is 175 Å². The maximum Gasteiger partial charge on any atom is 0.262 e. The average Bonchev–Trinajstić information content (AvgIpc) is 2.66. The lowest BCUT2D eigenvalue weighted by molar-refractivity contribution is -0.927. The number of nitrogens with one attached hydrogen (secondary N) is 2. The van der Waals surface area contributed by atoms with E-state index in [2.05, 4.69) is 22.3 Å². The van der Waals surface area contributed by atoms with E-state index < -0.39 is 9.96 Å². The predicted molar refractivity (Wildman–Crippen MR) is 112 cm³/mol. The third kappa shape index (κ3) is 5.08. The highest BCUT2D eigenvalue weighted by molar-refractivity contribution is 6.68. The first-order chi connectivity index (χ1) is 12.9. The molecular formula is C20H23Cl3N3O+. The number of amides is 1. The summed E-state index contributed by atoms with van der Waals surface area (Å²) in [7, 11) is 0. The SMILES string of the molecule is Cc1ccccc1C(=O)N[C@H]([NH+]1CCN(c2ccccc2)CC1)C(Cl)(Cl)Cl. The number of benzene rings is 2. The zero-order chi connectivity index (χ0) is 19.4. The molecule has 1 aliphatic heterocycles. The van der Waals surface area contributed by atoms with Gasteiger partial charge in [-0.1, -0.05) is 71.2 Å². The van der Waals surface area contributed by atoms with E-state index in [-0.39, 0.29) is 5.91 Å². The highest BCUT2D eigenvalue weighted by Gasteiger charge is 2.43. The number of hydrogen-bond donors (Lipinski definition) is 2. The van der Waals surface area contributed by atoms with E-state index in [4.69, 9.17) is 34.8 Å². The van der Waals surface area contributed by atoms with Crippen LogP contribution in [0.25, 0.3) is 0 Å². The van der Waals surface area contributed by atoms with Crippen molar-refractivity contribution in [3.63, 3.8) is 0 Å². The zero-order valence-corrected chi connectivity index (χ0v) is 17.4. The van der Waals surface area contributed by atoms with Gasteiger partial charge in [-0.05, 0) is 30.7 Å². The third-order valence-electron chi connectivity index (χ3n) is 4.93. The van der Waals surface area contributed by atoms with Gasteiger partial charge < -0.3 is 9.80 Å². The average molecular weight is 428 g/mol. The van der Waals surface area contributed by atoms with E-state index in [0.29, 0.717) is 5.56 Å². The predicted octanol–water partition coefficient (Wildman–Crippen LogP) is 2.83. The molecule has 3 rings (SSSR count). The highest BCUT2D eigenvalue weighted by Crippen LogP contribution is 2.28. The van der Waals surface area contributed by atoms with Crippen LogP contribution in [0.1, 0.15) is 15.9 Å². The number of aryl methyl sites for hydroxylation is 1. The molecule has 0 spiro atoms. The van der Waals surface area contributed by atoms with Crippen molar-refractivity contribution in [2.75, 3.05) is 31.1 Å². The smallest absolute Gasteiger partial charge is 0.262 e. The lowest BCUT2D eigenvalue weighted by Gasteiger charge is -2.39. The summed E-state index contributed by atoms with van der Waals surface area (Å²) >= 11 is 18.7. The van der Waals surface area contributed by atoms with E-state index in [1.165, 1.54) is 5.69 Å². The van der Waals surface area contributed by atoms with Crippen LogP contribution in [0.3, 0.4) is 0 Å². The van der Waals surface area contributed by atoms with Gasteiger partial charge in [0.15, 0.2) is 0 Å². The molecule has 7 heteroatoms. The van der Waals surface area contributed by atoms with Crippen molar-refractivity contribution in [1.29, 1.82) is 0 Å². The molecule has 1 saturated heterocycles. The van der Waals surface area contributed by atoms with Gasteiger partial charge in [0, 0.05) is 11.3 Å². The van der Waals surface area contributed by atoms with Crippen LogP contribution < -0.4 is 15.1 Å². The first-order valence-electron chi connectivity index (χ1n) is 8.94. The minimum atomic E-state index is -1.59. The summed E-state index contributed by atoms with van der Waals surface area (Å²) in [6, 6.07) is 17.7. The molecule has 1 heterocycles. The van der Waals surface area contributed by atoms with Gasteiger partial charge in [-0.25, -0.2) is 0 Å². The van der Waals surface area contributed by atoms with E-state index in [9.17, 15) is 4.79 Å². The summed E-state index contributed by atoms with van der Waals surface area (Å²) in [5.74, 6) is -0.220. The van der Waals surface area contributed by atoms with Gasteiger partial charge in [-0.3, -0.25) is 10.1 Å². The van der Waals surface area contributed by atoms with Crippen molar-refractivity contribution >= 4 is 46.4 Å². The van der Waals surface area contributed by atoms with Gasteiger partial charge in [0.25, 0.3) is 9.70 Å². The van der Waals surface area contributed by atoms with Crippen molar-refractivity contribution in [3.8, 4) is 0 Å². The molecule has 2 aromatic carbocycles. The molecule has 1 aliphatic rings. The lowest BCUT2D eigenvalue weighted by atomic mass is 10.1. The molecule has 4 nitrogen and oxygen atoms in total. The molecule has 1 atom stereocenters. The van der Waals surface area contributed by atoms with Crippen LogP contribution in [0.2, 0.25) is 0 Å². The number of piperazine rings is 1. The summed E-state index contributed by atoms with van der Waals surface area (Å²) in [4.78, 5) is 16.1. The number of hydrogen-bond acceptors (Lipinski definition) is 2. The fourth-order valence-corrected chi connectivity index (χ4v) is 4.06. The molecule has 2 aromatic rings. The van der Waals surface area contributed by atoms with Crippen molar-refractivity contribution in [2.45, 2.75) is 16.9 Å². The first kappa shape index (κ1) is 20.3. The summed E-state index contributed by atoms with van der Waals surface area (Å²) < 4.78 is -1.59. The van der Waals surface area contributed by atoms with Crippen LogP contribution >= 0.6 is 34.8 Å². The Balaban J connectivity index is 1.69. The Morgan fingerprint density at radius 2 is 1.63 bits per heavy atom. The Bertz CT molecular complexity index is 772. The van der Waals surface area contributed by atoms with Gasteiger partial charge in [0.05, 0.1) is 26.2 Å². The molecule has 1 amide bonds. The standard InChI is InChI=1S/C20H22Cl3N3O/c1-15-7-5-6-10-17(15)18(27)24-19(20(21,22)23)26-13-11-25(12-14-26)16-8-3-2-4-9-16/h2-10,19H,11-14H2,1H3,(H,24,27)/p+1/t19-/m1/s1. The van der Waals surface area contributed by atoms with Gasteiger partial charge in [-0.15, -0.1) is 0 Å².